The van der Waals surface area contributed by atoms with Crippen molar-refractivity contribution < 1.29 is 22.7 Å². The Hall–Kier alpha value is -3.20. The van der Waals surface area contributed by atoms with Crippen molar-refractivity contribution in [2.45, 2.75) is 17.7 Å². The lowest BCUT2D eigenvalue weighted by Gasteiger charge is -2.17. The monoisotopic (exact) mass is 498 g/mol. The van der Waals surface area contributed by atoms with Crippen molar-refractivity contribution in [3.63, 3.8) is 0 Å². The maximum absolute atomic E-state index is 13.2. The molecule has 7 nitrogen and oxygen atoms in total. The van der Waals surface area contributed by atoms with Gasteiger partial charge in [0.05, 0.1) is 23.3 Å². The Balaban J connectivity index is 1.69. The second-order valence-corrected chi connectivity index (χ2v) is 10.2. The van der Waals surface area contributed by atoms with Gasteiger partial charge in [-0.05, 0) is 49.2 Å². The van der Waals surface area contributed by atoms with Gasteiger partial charge in [-0.2, -0.15) is 4.31 Å². The first-order valence-corrected chi connectivity index (χ1v) is 12.5. The summed E-state index contributed by atoms with van der Waals surface area (Å²) in [7, 11) is -2.33. The van der Waals surface area contributed by atoms with E-state index in [0.29, 0.717) is 23.7 Å². The Morgan fingerprint density at radius 2 is 1.65 bits per heavy atom. The third-order valence-corrected chi connectivity index (χ3v) is 7.76. The van der Waals surface area contributed by atoms with Crippen molar-refractivity contribution in [3.8, 4) is 5.75 Å². The zero-order valence-corrected chi connectivity index (χ0v) is 20.0. The number of hydrogen-bond donors (Lipinski definition) is 1. The van der Waals surface area contributed by atoms with Crippen molar-refractivity contribution in [2.75, 3.05) is 25.5 Å². The van der Waals surface area contributed by atoms with Crippen molar-refractivity contribution in [1.82, 2.24) is 4.31 Å². The summed E-state index contributed by atoms with van der Waals surface area (Å²) in [6.07, 6.45) is 1.61. The minimum Gasteiger partial charge on any atom is -0.496 e. The molecular weight excluding hydrogens is 476 g/mol. The minimum absolute atomic E-state index is 0.0111. The number of amides is 1. The molecule has 0 atom stereocenters. The maximum Gasteiger partial charge on any atom is 0.259 e. The maximum atomic E-state index is 13.2. The Labute approximate surface area is 203 Å². The van der Waals surface area contributed by atoms with E-state index in [0.717, 1.165) is 12.8 Å². The molecule has 0 unspecified atom stereocenters. The summed E-state index contributed by atoms with van der Waals surface area (Å²) in [5.74, 6) is -0.710. The number of anilines is 1. The highest BCUT2D eigenvalue weighted by Gasteiger charge is 2.29. The number of nitrogens with one attached hydrogen (secondary N) is 1. The Morgan fingerprint density at radius 1 is 0.941 bits per heavy atom. The van der Waals surface area contributed by atoms with Crippen molar-refractivity contribution in [3.05, 3.63) is 88.4 Å². The molecule has 1 N–H and O–H groups in total. The van der Waals surface area contributed by atoms with E-state index in [-0.39, 0.29) is 33.2 Å². The minimum atomic E-state index is -3.73. The van der Waals surface area contributed by atoms with Crippen LogP contribution in [0.1, 0.15) is 39.1 Å². The predicted molar refractivity (Wildman–Crippen MR) is 130 cm³/mol. The lowest BCUT2D eigenvalue weighted by atomic mass is 10.0. The van der Waals surface area contributed by atoms with E-state index in [4.69, 9.17) is 16.3 Å². The van der Waals surface area contributed by atoms with E-state index < -0.39 is 15.9 Å². The molecule has 1 amide bonds. The van der Waals surface area contributed by atoms with Crippen LogP contribution in [0.4, 0.5) is 5.69 Å². The number of rotatable bonds is 7. The first-order chi connectivity index (χ1) is 16.3. The molecule has 1 fully saturated rings. The molecule has 1 aliphatic rings. The SMILES string of the molecule is COc1ccc(S(=O)(=O)N2CCCC2)cc1C(=O)Nc1ccc(Cl)cc1C(=O)c1ccccc1. The Bertz CT molecular complexity index is 1340. The molecule has 176 valence electrons. The molecule has 1 heterocycles. The van der Waals surface area contributed by atoms with Crippen LogP contribution in [-0.4, -0.2) is 44.6 Å². The zero-order chi connectivity index (χ0) is 24.3. The number of carbonyl (C=O) groups is 2. The fourth-order valence-corrected chi connectivity index (χ4v) is 5.57. The number of benzene rings is 3. The highest BCUT2D eigenvalue weighted by Crippen LogP contribution is 2.29. The molecule has 4 rings (SSSR count). The van der Waals surface area contributed by atoms with E-state index in [1.54, 1.807) is 36.4 Å². The summed E-state index contributed by atoms with van der Waals surface area (Å²) in [4.78, 5) is 26.3. The zero-order valence-electron chi connectivity index (χ0n) is 18.5. The van der Waals surface area contributed by atoms with E-state index in [1.165, 1.54) is 41.7 Å². The van der Waals surface area contributed by atoms with Crippen LogP contribution in [0.2, 0.25) is 5.02 Å². The molecule has 0 saturated carbocycles. The highest BCUT2D eigenvalue weighted by molar-refractivity contribution is 7.89. The van der Waals surface area contributed by atoms with Crippen molar-refractivity contribution >= 4 is 39.0 Å². The summed E-state index contributed by atoms with van der Waals surface area (Å²) in [6, 6.07) is 17.4. The van der Waals surface area contributed by atoms with Crippen LogP contribution in [0, 0.1) is 0 Å². The van der Waals surface area contributed by atoms with Gasteiger partial charge < -0.3 is 10.1 Å². The quantitative estimate of drug-likeness (QED) is 0.480. The van der Waals surface area contributed by atoms with Crippen LogP contribution < -0.4 is 10.1 Å². The van der Waals surface area contributed by atoms with Crippen molar-refractivity contribution in [2.24, 2.45) is 0 Å². The number of nitrogens with zero attached hydrogens (tertiary/aromatic N) is 1. The molecule has 1 aliphatic heterocycles. The molecule has 0 aliphatic carbocycles. The molecule has 0 bridgehead atoms. The van der Waals surface area contributed by atoms with Crippen LogP contribution in [0.3, 0.4) is 0 Å². The standard InChI is InChI=1S/C25H23ClN2O5S/c1-33-23-12-10-19(34(31,32)28-13-5-6-14-28)16-21(23)25(30)27-22-11-9-18(26)15-20(22)24(29)17-7-3-2-4-8-17/h2-4,7-12,15-16H,5-6,13-14H2,1H3,(H,27,30). The molecular formula is C25H23ClN2O5S. The second kappa shape index (κ2) is 9.97. The first-order valence-electron chi connectivity index (χ1n) is 10.7. The van der Waals surface area contributed by atoms with Gasteiger partial charge in [-0.3, -0.25) is 9.59 Å². The van der Waals surface area contributed by atoms with Gasteiger partial charge >= 0.3 is 0 Å². The molecule has 34 heavy (non-hydrogen) atoms. The van der Waals surface area contributed by atoms with Gasteiger partial charge in [0.15, 0.2) is 5.78 Å². The molecule has 0 radical (unpaired) electrons. The number of ether oxygens (including phenoxy) is 1. The van der Waals surface area contributed by atoms with E-state index in [9.17, 15) is 18.0 Å². The number of hydrogen-bond acceptors (Lipinski definition) is 5. The lowest BCUT2D eigenvalue weighted by molar-refractivity contribution is 0.102. The molecule has 0 spiro atoms. The topological polar surface area (TPSA) is 92.8 Å². The van der Waals surface area contributed by atoms with Gasteiger partial charge in [-0.1, -0.05) is 41.9 Å². The van der Waals surface area contributed by atoms with Gasteiger partial charge in [-0.25, -0.2) is 8.42 Å². The van der Waals surface area contributed by atoms with Crippen LogP contribution >= 0.6 is 11.6 Å². The second-order valence-electron chi connectivity index (χ2n) is 7.81. The summed E-state index contributed by atoms with van der Waals surface area (Å²) >= 11 is 6.13. The average molecular weight is 499 g/mol. The summed E-state index contributed by atoms with van der Waals surface area (Å²) in [6.45, 7) is 0.900. The third kappa shape index (κ3) is 4.84. The fraction of sp³-hybridized carbons (Fsp3) is 0.200. The third-order valence-electron chi connectivity index (χ3n) is 5.63. The van der Waals surface area contributed by atoms with Gasteiger partial charge in [0.25, 0.3) is 5.91 Å². The predicted octanol–water partition coefficient (Wildman–Crippen LogP) is 4.62. The van der Waals surface area contributed by atoms with E-state index in [1.807, 2.05) is 0 Å². The number of carbonyl (C=O) groups excluding carboxylic acids is 2. The van der Waals surface area contributed by atoms with Crippen LogP contribution in [0.5, 0.6) is 5.75 Å². The van der Waals surface area contributed by atoms with Crippen molar-refractivity contribution in [1.29, 1.82) is 0 Å². The van der Waals surface area contributed by atoms with Gasteiger partial charge in [0.1, 0.15) is 5.75 Å². The van der Waals surface area contributed by atoms with Crippen LogP contribution in [0.25, 0.3) is 0 Å². The largest absolute Gasteiger partial charge is 0.496 e. The van der Waals surface area contributed by atoms with Gasteiger partial charge in [0.2, 0.25) is 10.0 Å². The summed E-state index contributed by atoms with van der Waals surface area (Å²) < 4.78 is 32.7. The first kappa shape index (κ1) is 23.9. The van der Waals surface area contributed by atoms with Gasteiger partial charge in [0, 0.05) is 29.2 Å². The van der Waals surface area contributed by atoms with E-state index in [2.05, 4.69) is 5.32 Å². The van der Waals surface area contributed by atoms with E-state index >= 15 is 0 Å². The average Bonchev–Trinajstić information content (AvgIpc) is 3.41. The molecule has 3 aromatic rings. The summed E-state index contributed by atoms with van der Waals surface area (Å²) in [5, 5.41) is 3.06. The number of methoxy groups -OCH3 is 1. The number of sulfonamides is 1. The number of halogens is 1. The normalized spacial score (nSPS) is 14.1. The molecule has 1 saturated heterocycles. The number of ketones is 1. The fourth-order valence-electron chi connectivity index (χ4n) is 3.85. The Morgan fingerprint density at radius 3 is 2.32 bits per heavy atom. The molecule has 9 heteroatoms. The van der Waals surface area contributed by atoms with Crippen LogP contribution in [0.15, 0.2) is 71.6 Å². The van der Waals surface area contributed by atoms with Gasteiger partial charge in [-0.15, -0.1) is 0 Å². The molecule has 0 aromatic heterocycles. The Kier molecular flexibility index (Phi) is 7.02. The van der Waals surface area contributed by atoms with Crippen LogP contribution in [-0.2, 0) is 10.0 Å². The lowest BCUT2D eigenvalue weighted by Crippen LogP contribution is -2.28. The molecule has 3 aromatic carbocycles. The smallest absolute Gasteiger partial charge is 0.259 e. The highest BCUT2D eigenvalue weighted by atomic mass is 35.5. The summed E-state index contributed by atoms with van der Waals surface area (Å²) in [5.41, 5.74) is 0.942.